The SMILES string of the molecule is CC(=O)CN1CCN(S(=O)(=O)c2ccccc2Cl)CC1. The molecular formula is C13H17ClN2O3S. The Morgan fingerprint density at radius 2 is 1.80 bits per heavy atom. The molecule has 0 radical (unpaired) electrons. The van der Waals surface area contributed by atoms with Crippen molar-refractivity contribution in [3.8, 4) is 0 Å². The van der Waals surface area contributed by atoms with Gasteiger partial charge in [0.15, 0.2) is 0 Å². The summed E-state index contributed by atoms with van der Waals surface area (Å²) in [5.74, 6) is 0.0902. The molecule has 5 nitrogen and oxygen atoms in total. The molecule has 20 heavy (non-hydrogen) atoms. The van der Waals surface area contributed by atoms with Crippen LogP contribution in [0.2, 0.25) is 5.02 Å². The van der Waals surface area contributed by atoms with Crippen LogP contribution in [0.1, 0.15) is 6.92 Å². The van der Waals surface area contributed by atoms with E-state index in [0.717, 1.165) is 0 Å². The van der Waals surface area contributed by atoms with E-state index < -0.39 is 10.0 Å². The van der Waals surface area contributed by atoms with Crippen molar-refractivity contribution < 1.29 is 13.2 Å². The Kier molecular flexibility index (Phi) is 4.80. The van der Waals surface area contributed by atoms with E-state index in [1.807, 2.05) is 4.90 Å². The first-order valence-electron chi connectivity index (χ1n) is 6.38. The Hall–Kier alpha value is -0.950. The number of sulfonamides is 1. The third kappa shape index (κ3) is 3.38. The van der Waals surface area contributed by atoms with E-state index in [0.29, 0.717) is 32.7 Å². The highest BCUT2D eigenvalue weighted by Crippen LogP contribution is 2.24. The lowest BCUT2D eigenvalue weighted by atomic mass is 10.3. The molecule has 0 aliphatic carbocycles. The lowest BCUT2D eigenvalue weighted by molar-refractivity contribution is -0.118. The van der Waals surface area contributed by atoms with E-state index in [9.17, 15) is 13.2 Å². The molecule has 1 aromatic rings. The molecule has 2 rings (SSSR count). The van der Waals surface area contributed by atoms with Gasteiger partial charge in [-0.1, -0.05) is 23.7 Å². The molecule has 110 valence electrons. The highest BCUT2D eigenvalue weighted by atomic mass is 35.5. The quantitative estimate of drug-likeness (QED) is 0.838. The molecule has 0 bridgehead atoms. The molecule has 1 saturated heterocycles. The molecule has 0 N–H and O–H groups in total. The number of piperazine rings is 1. The highest BCUT2D eigenvalue weighted by molar-refractivity contribution is 7.89. The van der Waals surface area contributed by atoms with Gasteiger partial charge in [-0.2, -0.15) is 4.31 Å². The van der Waals surface area contributed by atoms with Crippen LogP contribution in [0, 0.1) is 0 Å². The largest absolute Gasteiger partial charge is 0.299 e. The van der Waals surface area contributed by atoms with Crippen molar-refractivity contribution in [2.24, 2.45) is 0 Å². The van der Waals surface area contributed by atoms with Gasteiger partial charge in [-0.25, -0.2) is 8.42 Å². The molecule has 7 heteroatoms. The first-order chi connectivity index (χ1) is 9.41. The number of halogens is 1. The first-order valence-corrected chi connectivity index (χ1v) is 8.19. The average molecular weight is 317 g/mol. The van der Waals surface area contributed by atoms with E-state index >= 15 is 0 Å². The van der Waals surface area contributed by atoms with Gasteiger partial charge in [-0.05, 0) is 19.1 Å². The van der Waals surface area contributed by atoms with E-state index in [2.05, 4.69) is 0 Å². The summed E-state index contributed by atoms with van der Waals surface area (Å²) in [6.07, 6.45) is 0. The monoisotopic (exact) mass is 316 g/mol. The van der Waals surface area contributed by atoms with Crippen molar-refractivity contribution in [2.75, 3.05) is 32.7 Å². The Bertz CT molecular complexity index is 595. The summed E-state index contributed by atoms with van der Waals surface area (Å²) in [6.45, 7) is 3.78. The predicted octanol–water partition coefficient (Wildman–Crippen LogP) is 1.24. The van der Waals surface area contributed by atoms with E-state index in [1.54, 1.807) is 18.2 Å². The third-order valence-corrected chi connectivity index (χ3v) is 5.63. The fourth-order valence-corrected chi connectivity index (χ4v) is 4.15. The van der Waals surface area contributed by atoms with Crippen LogP contribution in [0.25, 0.3) is 0 Å². The van der Waals surface area contributed by atoms with Crippen LogP contribution < -0.4 is 0 Å². The maximum atomic E-state index is 12.5. The van der Waals surface area contributed by atoms with Crippen molar-refractivity contribution in [1.82, 2.24) is 9.21 Å². The molecule has 0 unspecified atom stereocenters. The molecule has 0 amide bonds. The summed E-state index contributed by atoms with van der Waals surface area (Å²) in [7, 11) is -3.55. The average Bonchev–Trinajstić information content (AvgIpc) is 2.39. The summed E-state index contributed by atoms with van der Waals surface area (Å²) < 4.78 is 26.4. The number of carbonyl (C=O) groups excluding carboxylic acids is 1. The van der Waals surface area contributed by atoms with Crippen molar-refractivity contribution in [2.45, 2.75) is 11.8 Å². The minimum absolute atomic E-state index is 0.0902. The molecular weight excluding hydrogens is 300 g/mol. The van der Waals surface area contributed by atoms with Crippen molar-refractivity contribution in [3.05, 3.63) is 29.3 Å². The van der Waals surface area contributed by atoms with Gasteiger partial charge < -0.3 is 0 Å². The summed E-state index contributed by atoms with van der Waals surface area (Å²) >= 11 is 5.96. The minimum atomic E-state index is -3.55. The molecule has 0 saturated carbocycles. The molecule has 1 fully saturated rings. The molecule has 1 aromatic carbocycles. The third-order valence-electron chi connectivity index (χ3n) is 3.23. The number of ketones is 1. The lowest BCUT2D eigenvalue weighted by Crippen LogP contribution is -2.49. The van der Waals surface area contributed by atoms with Crippen molar-refractivity contribution >= 4 is 27.4 Å². The van der Waals surface area contributed by atoms with Gasteiger partial charge in [-0.15, -0.1) is 0 Å². The normalized spacial score (nSPS) is 18.1. The Balaban J connectivity index is 2.10. The van der Waals surface area contributed by atoms with Crippen LogP contribution in [0.4, 0.5) is 0 Å². The highest BCUT2D eigenvalue weighted by Gasteiger charge is 2.29. The smallest absolute Gasteiger partial charge is 0.244 e. The van der Waals surface area contributed by atoms with Crippen LogP contribution in [-0.4, -0.2) is 56.1 Å². The molecule has 0 spiro atoms. The standard InChI is InChI=1S/C13H17ClN2O3S/c1-11(17)10-15-6-8-16(9-7-15)20(18,19)13-5-3-2-4-12(13)14/h2-5H,6-10H2,1H3. The van der Waals surface area contributed by atoms with Gasteiger partial charge in [0.2, 0.25) is 10.0 Å². The number of nitrogens with zero attached hydrogens (tertiary/aromatic N) is 2. The zero-order valence-electron chi connectivity index (χ0n) is 11.3. The second kappa shape index (κ2) is 6.22. The number of hydrogen-bond donors (Lipinski definition) is 0. The Morgan fingerprint density at radius 3 is 2.35 bits per heavy atom. The van der Waals surface area contributed by atoms with Crippen LogP contribution in [0.15, 0.2) is 29.2 Å². The number of carbonyl (C=O) groups is 1. The van der Waals surface area contributed by atoms with Crippen LogP contribution >= 0.6 is 11.6 Å². The number of rotatable bonds is 4. The Labute approximate surface area is 124 Å². The van der Waals surface area contributed by atoms with Gasteiger partial charge in [-0.3, -0.25) is 9.69 Å². The van der Waals surface area contributed by atoms with Gasteiger partial charge in [0.05, 0.1) is 11.6 Å². The first kappa shape index (κ1) is 15.4. The second-order valence-corrected chi connectivity index (χ2v) is 7.13. The summed E-state index contributed by atoms with van der Waals surface area (Å²) in [5.41, 5.74) is 0. The van der Waals surface area contributed by atoms with E-state index in [1.165, 1.54) is 17.3 Å². The van der Waals surface area contributed by atoms with Crippen molar-refractivity contribution in [3.63, 3.8) is 0 Å². The van der Waals surface area contributed by atoms with Gasteiger partial charge in [0.1, 0.15) is 10.7 Å². The summed E-state index contributed by atoms with van der Waals surface area (Å²) in [6, 6.07) is 6.44. The second-order valence-electron chi connectivity index (χ2n) is 4.81. The molecule has 0 atom stereocenters. The van der Waals surface area contributed by atoms with Crippen molar-refractivity contribution in [1.29, 1.82) is 0 Å². The maximum Gasteiger partial charge on any atom is 0.244 e. The fourth-order valence-electron chi connectivity index (χ4n) is 2.24. The summed E-state index contributed by atoms with van der Waals surface area (Å²) in [4.78, 5) is 13.2. The number of Topliss-reactive ketones (excluding diaryl/α,β-unsaturated/α-hetero) is 1. The summed E-state index contributed by atoms with van der Waals surface area (Å²) in [5, 5.41) is 0.235. The zero-order chi connectivity index (χ0) is 14.8. The zero-order valence-corrected chi connectivity index (χ0v) is 12.8. The Morgan fingerprint density at radius 1 is 1.20 bits per heavy atom. The maximum absolute atomic E-state index is 12.5. The van der Waals surface area contributed by atoms with Gasteiger partial charge >= 0.3 is 0 Å². The number of benzene rings is 1. The predicted molar refractivity (Wildman–Crippen MR) is 77.3 cm³/mol. The molecule has 1 aliphatic heterocycles. The van der Waals surface area contributed by atoms with Crippen LogP contribution in [0.3, 0.4) is 0 Å². The molecule has 0 aromatic heterocycles. The lowest BCUT2D eigenvalue weighted by Gasteiger charge is -2.33. The molecule has 1 heterocycles. The van der Waals surface area contributed by atoms with Gasteiger partial charge in [0, 0.05) is 26.2 Å². The fraction of sp³-hybridized carbons (Fsp3) is 0.462. The van der Waals surface area contributed by atoms with Crippen LogP contribution in [-0.2, 0) is 14.8 Å². The minimum Gasteiger partial charge on any atom is -0.299 e. The topological polar surface area (TPSA) is 57.7 Å². The van der Waals surface area contributed by atoms with Gasteiger partial charge in [0.25, 0.3) is 0 Å². The van der Waals surface area contributed by atoms with E-state index in [-0.39, 0.29) is 15.7 Å². The molecule has 1 aliphatic rings. The van der Waals surface area contributed by atoms with Crippen LogP contribution in [0.5, 0.6) is 0 Å². The number of hydrogen-bond acceptors (Lipinski definition) is 4. The van der Waals surface area contributed by atoms with E-state index in [4.69, 9.17) is 11.6 Å².